The van der Waals surface area contributed by atoms with E-state index in [9.17, 15) is 14.4 Å². The van der Waals surface area contributed by atoms with E-state index in [-0.39, 0.29) is 6.42 Å². The first-order chi connectivity index (χ1) is 11.4. The SMILES string of the molecule is Cc1ccc(NC(=O)NC(=O)COC(=O)Cc2cccs2)c(C)c1. The molecule has 0 saturated carbocycles. The Labute approximate surface area is 143 Å². The van der Waals surface area contributed by atoms with Crippen molar-refractivity contribution < 1.29 is 19.1 Å². The number of carbonyl (C=O) groups is 3. The van der Waals surface area contributed by atoms with Crippen LogP contribution in [0.3, 0.4) is 0 Å². The Morgan fingerprint density at radius 2 is 1.96 bits per heavy atom. The quantitative estimate of drug-likeness (QED) is 0.815. The van der Waals surface area contributed by atoms with Gasteiger partial charge in [-0.05, 0) is 36.9 Å². The zero-order valence-corrected chi connectivity index (χ0v) is 14.2. The molecule has 126 valence electrons. The van der Waals surface area contributed by atoms with E-state index in [0.717, 1.165) is 16.0 Å². The highest BCUT2D eigenvalue weighted by atomic mass is 32.1. The van der Waals surface area contributed by atoms with Crippen molar-refractivity contribution in [1.29, 1.82) is 0 Å². The van der Waals surface area contributed by atoms with Crippen molar-refractivity contribution in [3.8, 4) is 0 Å². The fourth-order valence-corrected chi connectivity index (χ4v) is 2.71. The molecule has 0 aliphatic rings. The van der Waals surface area contributed by atoms with Gasteiger partial charge in [0.15, 0.2) is 6.61 Å². The lowest BCUT2D eigenvalue weighted by molar-refractivity contribution is -0.147. The van der Waals surface area contributed by atoms with Gasteiger partial charge in [0.05, 0.1) is 6.42 Å². The van der Waals surface area contributed by atoms with Crippen molar-refractivity contribution in [1.82, 2.24) is 5.32 Å². The number of esters is 1. The maximum absolute atomic E-state index is 11.8. The molecule has 1 aromatic carbocycles. The molecule has 2 N–H and O–H groups in total. The predicted molar refractivity (Wildman–Crippen MR) is 92.1 cm³/mol. The van der Waals surface area contributed by atoms with E-state index >= 15 is 0 Å². The summed E-state index contributed by atoms with van der Waals surface area (Å²) in [5, 5.41) is 6.56. The second-order valence-corrected chi connectivity index (χ2v) is 6.27. The molecule has 24 heavy (non-hydrogen) atoms. The maximum Gasteiger partial charge on any atom is 0.325 e. The molecule has 0 saturated heterocycles. The maximum atomic E-state index is 11.8. The van der Waals surface area contributed by atoms with Crippen LogP contribution in [0.2, 0.25) is 0 Å². The lowest BCUT2D eigenvalue weighted by atomic mass is 10.1. The van der Waals surface area contributed by atoms with Gasteiger partial charge in [0, 0.05) is 10.6 Å². The van der Waals surface area contributed by atoms with Gasteiger partial charge < -0.3 is 10.1 Å². The Hall–Kier alpha value is -2.67. The van der Waals surface area contributed by atoms with E-state index in [4.69, 9.17) is 4.74 Å². The number of urea groups is 1. The number of amides is 3. The van der Waals surface area contributed by atoms with Crippen LogP contribution in [-0.4, -0.2) is 24.5 Å². The first kappa shape index (κ1) is 17.7. The molecule has 0 unspecified atom stereocenters. The van der Waals surface area contributed by atoms with Gasteiger partial charge in [-0.25, -0.2) is 4.79 Å². The molecule has 0 atom stereocenters. The summed E-state index contributed by atoms with van der Waals surface area (Å²) in [4.78, 5) is 35.8. The van der Waals surface area contributed by atoms with Crippen molar-refractivity contribution in [2.75, 3.05) is 11.9 Å². The fourth-order valence-electron chi connectivity index (χ4n) is 2.02. The molecular weight excluding hydrogens is 328 g/mol. The molecule has 7 heteroatoms. The molecule has 0 aliphatic heterocycles. The highest BCUT2D eigenvalue weighted by Gasteiger charge is 2.12. The number of ether oxygens (including phenoxy) is 1. The topological polar surface area (TPSA) is 84.5 Å². The van der Waals surface area contributed by atoms with Gasteiger partial charge in [0.25, 0.3) is 5.91 Å². The van der Waals surface area contributed by atoms with Crippen LogP contribution in [0.4, 0.5) is 10.5 Å². The summed E-state index contributed by atoms with van der Waals surface area (Å²) in [6.45, 7) is 3.31. The van der Waals surface area contributed by atoms with E-state index in [1.165, 1.54) is 11.3 Å². The van der Waals surface area contributed by atoms with E-state index < -0.39 is 24.5 Å². The van der Waals surface area contributed by atoms with E-state index in [1.54, 1.807) is 6.07 Å². The summed E-state index contributed by atoms with van der Waals surface area (Å²) in [7, 11) is 0. The molecule has 0 bridgehead atoms. The monoisotopic (exact) mass is 346 g/mol. The Kier molecular flexibility index (Phi) is 6.08. The number of imide groups is 1. The zero-order chi connectivity index (χ0) is 17.5. The van der Waals surface area contributed by atoms with E-state index in [0.29, 0.717) is 5.69 Å². The minimum Gasteiger partial charge on any atom is -0.455 e. The average Bonchev–Trinajstić information content (AvgIpc) is 3.01. The Morgan fingerprint density at radius 3 is 2.62 bits per heavy atom. The number of rotatable bonds is 5. The van der Waals surface area contributed by atoms with Gasteiger partial charge in [-0.3, -0.25) is 14.9 Å². The highest BCUT2D eigenvalue weighted by molar-refractivity contribution is 7.10. The number of carbonyl (C=O) groups excluding carboxylic acids is 3. The largest absolute Gasteiger partial charge is 0.455 e. The normalized spacial score (nSPS) is 10.1. The zero-order valence-electron chi connectivity index (χ0n) is 13.4. The predicted octanol–water partition coefficient (Wildman–Crippen LogP) is 2.80. The summed E-state index contributed by atoms with van der Waals surface area (Å²) in [5.41, 5.74) is 2.58. The lowest BCUT2D eigenvalue weighted by Gasteiger charge is -2.10. The van der Waals surface area contributed by atoms with Crippen LogP contribution in [0.1, 0.15) is 16.0 Å². The molecule has 0 fully saturated rings. The van der Waals surface area contributed by atoms with Crippen LogP contribution in [0.5, 0.6) is 0 Å². The molecule has 2 aromatic rings. The molecule has 3 amide bonds. The third-order valence-electron chi connectivity index (χ3n) is 3.15. The summed E-state index contributed by atoms with van der Waals surface area (Å²) in [5.74, 6) is -1.20. The standard InChI is InChI=1S/C17H18N2O4S/c1-11-5-6-14(12(2)8-11)18-17(22)19-15(20)10-23-16(21)9-13-4-3-7-24-13/h3-8H,9-10H2,1-2H3,(H2,18,19,20,22). The van der Waals surface area contributed by atoms with Crippen molar-refractivity contribution in [3.63, 3.8) is 0 Å². The molecule has 0 radical (unpaired) electrons. The summed E-state index contributed by atoms with van der Waals surface area (Å²) < 4.78 is 4.84. The van der Waals surface area contributed by atoms with Crippen molar-refractivity contribution in [2.45, 2.75) is 20.3 Å². The Bertz CT molecular complexity index is 741. The average molecular weight is 346 g/mol. The number of hydrogen-bond donors (Lipinski definition) is 2. The van der Waals surface area contributed by atoms with Gasteiger partial charge in [-0.2, -0.15) is 0 Å². The third-order valence-corrected chi connectivity index (χ3v) is 4.02. The second-order valence-electron chi connectivity index (χ2n) is 5.24. The molecule has 0 spiro atoms. The Morgan fingerprint density at radius 1 is 1.17 bits per heavy atom. The molecule has 2 rings (SSSR count). The molecular formula is C17H18N2O4S. The van der Waals surface area contributed by atoms with Crippen molar-refractivity contribution in [3.05, 3.63) is 51.7 Å². The second kappa shape index (κ2) is 8.26. The number of benzene rings is 1. The van der Waals surface area contributed by atoms with Crippen LogP contribution in [0, 0.1) is 13.8 Å². The number of hydrogen-bond acceptors (Lipinski definition) is 5. The molecule has 0 aliphatic carbocycles. The lowest BCUT2D eigenvalue weighted by Crippen LogP contribution is -2.37. The molecule has 1 aromatic heterocycles. The van der Waals surface area contributed by atoms with Crippen LogP contribution in [-0.2, 0) is 20.7 Å². The number of anilines is 1. The van der Waals surface area contributed by atoms with Crippen molar-refractivity contribution in [2.24, 2.45) is 0 Å². The van der Waals surface area contributed by atoms with Gasteiger partial charge in [-0.15, -0.1) is 11.3 Å². The van der Waals surface area contributed by atoms with Gasteiger partial charge >= 0.3 is 12.0 Å². The Balaban J connectivity index is 1.75. The summed E-state index contributed by atoms with van der Waals surface area (Å²) >= 11 is 1.43. The first-order valence-corrected chi connectivity index (χ1v) is 8.18. The fraction of sp³-hybridized carbons (Fsp3) is 0.235. The van der Waals surface area contributed by atoms with Gasteiger partial charge in [-0.1, -0.05) is 23.8 Å². The van der Waals surface area contributed by atoms with Crippen LogP contribution in [0.25, 0.3) is 0 Å². The smallest absolute Gasteiger partial charge is 0.325 e. The third kappa shape index (κ3) is 5.51. The van der Waals surface area contributed by atoms with Crippen molar-refractivity contribution >= 4 is 34.9 Å². The molecule has 6 nitrogen and oxygen atoms in total. The number of aryl methyl sites for hydroxylation is 2. The summed E-state index contributed by atoms with van der Waals surface area (Å²) in [6, 6.07) is 8.51. The molecule has 1 heterocycles. The van der Waals surface area contributed by atoms with E-state index in [2.05, 4.69) is 10.6 Å². The van der Waals surface area contributed by atoms with Gasteiger partial charge in [0.1, 0.15) is 0 Å². The van der Waals surface area contributed by atoms with Gasteiger partial charge in [0.2, 0.25) is 0 Å². The summed E-state index contributed by atoms with van der Waals surface area (Å²) in [6.07, 6.45) is 0.111. The minimum absolute atomic E-state index is 0.111. The van der Waals surface area contributed by atoms with E-state index in [1.807, 2.05) is 43.5 Å². The minimum atomic E-state index is -0.684. The van der Waals surface area contributed by atoms with Crippen LogP contribution >= 0.6 is 11.3 Å². The first-order valence-electron chi connectivity index (χ1n) is 7.30. The number of thiophene rings is 1. The van der Waals surface area contributed by atoms with Crippen LogP contribution in [0.15, 0.2) is 35.7 Å². The number of nitrogens with one attached hydrogen (secondary N) is 2. The highest BCUT2D eigenvalue weighted by Crippen LogP contribution is 2.15. The van der Waals surface area contributed by atoms with Crippen LogP contribution < -0.4 is 10.6 Å².